The van der Waals surface area contributed by atoms with E-state index in [1.54, 1.807) is 6.20 Å². The molecule has 106 valence electrons. The quantitative estimate of drug-likeness (QED) is 0.689. The molecule has 4 nitrogen and oxygen atoms in total. The number of carbonyl (C=O) groups excluding carboxylic acids is 1. The lowest BCUT2D eigenvalue weighted by atomic mass is 10.1. The van der Waals surface area contributed by atoms with Crippen LogP contribution in [0.2, 0.25) is 0 Å². The van der Waals surface area contributed by atoms with Crippen molar-refractivity contribution in [3.63, 3.8) is 0 Å². The summed E-state index contributed by atoms with van der Waals surface area (Å²) in [6, 6.07) is 11.8. The van der Waals surface area contributed by atoms with Gasteiger partial charge < -0.3 is 9.30 Å². The Kier molecular flexibility index (Phi) is 3.54. The summed E-state index contributed by atoms with van der Waals surface area (Å²) in [6.45, 7) is 0.843. The molecule has 0 aromatic carbocycles. The fourth-order valence-electron chi connectivity index (χ4n) is 2.57. The van der Waals surface area contributed by atoms with Crippen LogP contribution in [0.1, 0.15) is 15.9 Å². The molecule has 0 amide bonds. The Balaban J connectivity index is 2.17. The Morgan fingerprint density at radius 3 is 2.86 bits per heavy atom. The maximum Gasteiger partial charge on any atom is 0.152 e. The van der Waals surface area contributed by atoms with Crippen LogP contribution < -0.4 is 0 Å². The average Bonchev–Trinajstić information content (AvgIpc) is 2.85. The van der Waals surface area contributed by atoms with Gasteiger partial charge in [0.1, 0.15) is 0 Å². The average molecular weight is 279 g/mol. The van der Waals surface area contributed by atoms with Gasteiger partial charge in [0.05, 0.1) is 11.4 Å². The molecule has 0 spiro atoms. The topological polar surface area (TPSA) is 37.6 Å². The zero-order valence-corrected chi connectivity index (χ0v) is 12.2. The number of aldehydes is 1. The van der Waals surface area contributed by atoms with Crippen molar-refractivity contribution < 1.29 is 4.79 Å². The number of aromatic nitrogens is 2. The normalized spacial score (nSPS) is 11.2. The highest BCUT2D eigenvalue weighted by Gasteiger charge is 2.13. The van der Waals surface area contributed by atoms with Crippen molar-refractivity contribution in [1.82, 2.24) is 14.3 Å². The van der Waals surface area contributed by atoms with E-state index in [0.717, 1.165) is 29.7 Å². The number of carbonyl (C=O) groups is 1. The van der Waals surface area contributed by atoms with Crippen LogP contribution in [0.25, 0.3) is 16.9 Å². The number of fused-ring (bicyclic) bond motifs is 1. The van der Waals surface area contributed by atoms with Crippen molar-refractivity contribution in [2.75, 3.05) is 14.1 Å². The Morgan fingerprint density at radius 1 is 1.24 bits per heavy atom. The van der Waals surface area contributed by atoms with E-state index in [1.807, 2.05) is 61.1 Å². The van der Waals surface area contributed by atoms with Crippen LogP contribution in [-0.2, 0) is 6.54 Å². The van der Waals surface area contributed by atoms with Gasteiger partial charge in [0.15, 0.2) is 6.29 Å². The molecule has 3 aromatic heterocycles. The third-order valence-corrected chi connectivity index (χ3v) is 3.40. The molecule has 0 fully saturated rings. The minimum Gasteiger partial charge on any atom is -0.314 e. The van der Waals surface area contributed by atoms with Gasteiger partial charge in [0.2, 0.25) is 0 Å². The number of rotatable bonds is 4. The zero-order chi connectivity index (χ0) is 14.8. The SMILES string of the molecule is CN(C)Cc1ccnc(-c2c(C=O)cc3ccccn23)c1. The molecule has 0 unspecified atom stereocenters. The van der Waals surface area contributed by atoms with Gasteiger partial charge >= 0.3 is 0 Å². The van der Waals surface area contributed by atoms with E-state index < -0.39 is 0 Å². The number of pyridine rings is 2. The molecule has 0 aliphatic rings. The van der Waals surface area contributed by atoms with Crippen LogP contribution >= 0.6 is 0 Å². The number of hydrogen-bond acceptors (Lipinski definition) is 3. The Morgan fingerprint density at radius 2 is 2.10 bits per heavy atom. The first-order chi connectivity index (χ1) is 10.2. The van der Waals surface area contributed by atoms with Crippen LogP contribution in [0.4, 0.5) is 0 Å². The molecule has 0 N–H and O–H groups in total. The highest BCUT2D eigenvalue weighted by Crippen LogP contribution is 2.25. The molecule has 3 heterocycles. The van der Waals surface area contributed by atoms with Crippen LogP contribution in [0, 0.1) is 0 Å². The molecule has 21 heavy (non-hydrogen) atoms. The molecule has 0 atom stereocenters. The van der Waals surface area contributed by atoms with E-state index in [2.05, 4.69) is 9.88 Å². The van der Waals surface area contributed by atoms with Crippen molar-refractivity contribution >= 4 is 11.8 Å². The fourth-order valence-corrected chi connectivity index (χ4v) is 2.57. The van der Waals surface area contributed by atoms with Gasteiger partial charge in [0.25, 0.3) is 0 Å². The molecule has 0 radical (unpaired) electrons. The molecule has 0 aliphatic heterocycles. The van der Waals surface area contributed by atoms with E-state index in [4.69, 9.17) is 0 Å². The minimum atomic E-state index is 0.663. The Hall–Kier alpha value is -2.46. The smallest absolute Gasteiger partial charge is 0.152 e. The van der Waals surface area contributed by atoms with Gasteiger partial charge in [-0.2, -0.15) is 0 Å². The molecular formula is C17H17N3O. The monoisotopic (exact) mass is 279 g/mol. The van der Waals surface area contributed by atoms with Gasteiger partial charge in [-0.25, -0.2) is 0 Å². The highest BCUT2D eigenvalue weighted by atomic mass is 16.1. The number of hydrogen-bond donors (Lipinski definition) is 0. The summed E-state index contributed by atoms with van der Waals surface area (Å²) in [6.07, 6.45) is 4.64. The molecule has 0 aliphatic carbocycles. The molecule has 0 bridgehead atoms. The van der Waals surface area contributed by atoms with E-state index in [0.29, 0.717) is 5.56 Å². The molecular weight excluding hydrogens is 262 g/mol. The first-order valence-corrected chi connectivity index (χ1v) is 6.84. The zero-order valence-electron chi connectivity index (χ0n) is 12.2. The largest absolute Gasteiger partial charge is 0.314 e. The maximum atomic E-state index is 11.4. The number of nitrogens with zero attached hydrogens (tertiary/aromatic N) is 3. The molecule has 4 heteroatoms. The van der Waals surface area contributed by atoms with E-state index in [9.17, 15) is 4.79 Å². The van der Waals surface area contributed by atoms with Crippen molar-refractivity contribution in [2.24, 2.45) is 0 Å². The van der Waals surface area contributed by atoms with Gasteiger partial charge in [-0.3, -0.25) is 9.78 Å². The van der Waals surface area contributed by atoms with Crippen molar-refractivity contribution in [2.45, 2.75) is 6.54 Å². The molecule has 0 saturated heterocycles. The Labute approximate surface area is 123 Å². The van der Waals surface area contributed by atoms with Gasteiger partial charge in [-0.1, -0.05) is 6.07 Å². The summed E-state index contributed by atoms with van der Waals surface area (Å²) in [7, 11) is 4.06. The second-order valence-electron chi connectivity index (χ2n) is 5.35. The van der Waals surface area contributed by atoms with Gasteiger partial charge in [0, 0.05) is 30.0 Å². The van der Waals surface area contributed by atoms with Crippen LogP contribution in [0.3, 0.4) is 0 Å². The van der Waals surface area contributed by atoms with Gasteiger partial charge in [-0.15, -0.1) is 0 Å². The summed E-state index contributed by atoms with van der Waals surface area (Å²) >= 11 is 0. The molecule has 3 aromatic rings. The lowest BCUT2D eigenvalue weighted by molar-refractivity contribution is 0.112. The van der Waals surface area contributed by atoms with Gasteiger partial charge in [-0.05, 0) is 50.0 Å². The first-order valence-electron chi connectivity index (χ1n) is 6.84. The minimum absolute atomic E-state index is 0.663. The van der Waals surface area contributed by atoms with Crippen LogP contribution in [0.15, 0.2) is 48.8 Å². The third kappa shape index (κ3) is 2.58. The lowest BCUT2D eigenvalue weighted by Gasteiger charge is -2.11. The summed E-state index contributed by atoms with van der Waals surface area (Å²) in [5, 5.41) is 0. The van der Waals surface area contributed by atoms with Crippen LogP contribution in [0.5, 0.6) is 0 Å². The summed E-state index contributed by atoms with van der Waals surface area (Å²) < 4.78 is 2.01. The second-order valence-corrected chi connectivity index (χ2v) is 5.35. The molecule has 3 rings (SSSR count). The van der Waals surface area contributed by atoms with Crippen LogP contribution in [-0.4, -0.2) is 34.7 Å². The highest BCUT2D eigenvalue weighted by molar-refractivity contribution is 5.89. The summed E-state index contributed by atoms with van der Waals surface area (Å²) in [5.74, 6) is 0. The second kappa shape index (κ2) is 5.50. The van der Waals surface area contributed by atoms with E-state index in [-0.39, 0.29) is 0 Å². The Bertz CT molecular complexity index is 790. The predicted molar refractivity (Wildman–Crippen MR) is 83.4 cm³/mol. The van der Waals surface area contributed by atoms with E-state index >= 15 is 0 Å². The first kappa shape index (κ1) is 13.5. The molecule has 0 saturated carbocycles. The predicted octanol–water partition coefficient (Wildman–Crippen LogP) is 2.88. The van der Waals surface area contributed by atoms with Crippen molar-refractivity contribution in [3.8, 4) is 11.4 Å². The fraction of sp³-hybridized carbons (Fsp3) is 0.176. The standard InChI is InChI=1S/C17H17N3O/c1-19(2)11-13-6-7-18-16(9-13)17-14(12-21)10-15-5-3-4-8-20(15)17/h3-10,12H,11H2,1-2H3. The van der Waals surface area contributed by atoms with Crippen molar-refractivity contribution in [3.05, 3.63) is 59.9 Å². The maximum absolute atomic E-state index is 11.4. The summed E-state index contributed by atoms with van der Waals surface area (Å²) in [4.78, 5) is 17.9. The van der Waals surface area contributed by atoms with Crippen molar-refractivity contribution in [1.29, 1.82) is 0 Å². The van der Waals surface area contributed by atoms with E-state index in [1.165, 1.54) is 5.56 Å². The lowest BCUT2D eigenvalue weighted by Crippen LogP contribution is -2.10. The summed E-state index contributed by atoms with van der Waals surface area (Å²) in [5.41, 5.74) is 4.50. The third-order valence-electron chi connectivity index (χ3n) is 3.40.